The lowest BCUT2D eigenvalue weighted by Gasteiger charge is -2.29. The van der Waals surface area contributed by atoms with E-state index in [2.05, 4.69) is 92.1 Å². The Morgan fingerprint density at radius 1 is 0.450 bits per heavy atom. The number of likely N-dealkylation sites (N-methyl/N-ethyl adjacent to an activating group) is 1. The van der Waals surface area contributed by atoms with Gasteiger partial charge in [-0.1, -0.05) is 304 Å². The SMILES string of the molecule is CC/C=C\C/C=C\C/C=C\C/C=C\CCCCCCCCCCCCCCCCCCC(=O)NC(COP(=O)([O-])OCC[N+](C)(C)C)C(O)/C=C/CC/C=C/CC/C=C/CCCCCCCCCCCCCCCCCCCCC. The molecule has 80 heavy (non-hydrogen) atoms. The van der Waals surface area contributed by atoms with Crippen LogP contribution in [0.2, 0.25) is 0 Å². The number of nitrogens with zero attached hydrogens (tertiary/aromatic N) is 1. The molecule has 2 N–H and O–H groups in total. The van der Waals surface area contributed by atoms with Gasteiger partial charge in [-0.3, -0.25) is 9.36 Å². The molecule has 0 aliphatic heterocycles. The molecule has 9 heteroatoms. The standard InChI is InChI=1S/C71H131N2O6P/c1-6-8-10-12-14-16-18-20-22-24-26-28-30-32-34-36-38-40-42-44-46-48-50-52-54-56-58-60-62-64-70(74)69(68-79-80(76,77)78-67-66-73(3,4)5)72-71(75)65-63-61-59-57-55-53-51-49-47-45-43-41-39-37-35-33-31-29-27-25-23-21-19-17-15-13-11-9-7-2/h9,11,15,17,21,23,27,29,46,48,54,56,62,64,69-70,74H,6-8,10,12-14,16,18-20,22,24-26,28,30-45,47,49-53,55,57-61,63,65-68H2,1-5H3,(H-,72,75,76,77)/b11-9-,17-15-,23-21-,29-27-,48-46+,56-54+,64-62+. The number of aliphatic hydroxyl groups is 1. The number of carbonyl (C=O) groups is 1. The highest BCUT2D eigenvalue weighted by Gasteiger charge is 2.23. The Morgan fingerprint density at radius 3 is 1.16 bits per heavy atom. The lowest BCUT2D eigenvalue weighted by molar-refractivity contribution is -0.870. The Kier molecular flexibility index (Phi) is 59.5. The molecular formula is C71H131N2O6P. The van der Waals surface area contributed by atoms with Crippen molar-refractivity contribution in [1.29, 1.82) is 0 Å². The zero-order valence-electron chi connectivity index (χ0n) is 53.3. The summed E-state index contributed by atoms with van der Waals surface area (Å²) in [5.41, 5.74) is 0. The van der Waals surface area contributed by atoms with Crippen LogP contribution in [0.1, 0.15) is 309 Å². The number of phosphoric acid groups is 1. The van der Waals surface area contributed by atoms with Crippen LogP contribution in [-0.2, 0) is 18.4 Å². The van der Waals surface area contributed by atoms with Gasteiger partial charge in [0.25, 0.3) is 7.82 Å². The van der Waals surface area contributed by atoms with E-state index in [1.807, 2.05) is 27.2 Å². The first-order valence-electron chi connectivity index (χ1n) is 33.9. The molecule has 0 aromatic heterocycles. The summed E-state index contributed by atoms with van der Waals surface area (Å²) in [4.78, 5) is 25.6. The van der Waals surface area contributed by atoms with Gasteiger partial charge in [0.1, 0.15) is 13.2 Å². The van der Waals surface area contributed by atoms with Crippen LogP contribution >= 0.6 is 7.82 Å². The van der Waals surface area contributed by atoms with E-state index >= 15 is 0 Å². The maximum absolute atomic E-state index is 13.0. The first-order chi connectivity index (χ1) is 39.0. The zero-order chi connectivity index (χ0) is 58.4. The van der Waals surface area contributed by atoms with E-state index in [4.69, 9.17) is 9.05 Å². The molecule has 0 spiro atoms. The number of amides is 1. The lowest BCUT2D eigenvalue weighted by atomic mass is 10.0. The molecule has 0 heterocycles. The molecule has 3 atom stereocenters. The number of quaternary nitrogens is 1. The van der Waals surface area contributed by atoms with E-state index in [1.165, 1.54) is 218 Å². The molecular weight excluding hydrogens is 1010 g/mol. The average Bonchev–Trinajstić information content (AvgIpc) is 3.42. The fourth-order valence-corrected chi connectivity index (χ4v) is 10.5. The summed E-state index contributed by atoms with van der Waals surface area (Å²) in [5, 5.41) is 13.9. The van der Waals surface area contributed by atoms with Crippen molar-refractivity contribution in [3.8, 4) is 0 Å². The van der Waals surface area contributed by atoms with Crippen molar-refractivity contribution in [3.05, 3.63) is 85.1 Å². The quantitative estimate of drug-likeness (QED) is 0.0272. The Morgan fingerprint density at radius 2 is 0.775 bits per heavy atom. The predicted molar refractivity (Wildman–Crippen MR) is 348 cm³/mol. The molecule has 3 unspecified atom stereocenters. The summed E-state index contributed by atoms with van der Waals surface area (Å²) in [6, 6.07) is -0.915. The highest BCUT2D eigenvalue weighted by atomic mass is 31.2. The van der Waals surface area contributed by atoms with Crippen LogP contribution in [0.5, 0.6) is 0 Å². The normalized spacial score (nSPS) is 14.2. The number of unbranched alkanes of at least 4 members (excludes halogenated alkanes) is 37. The predicted octanol–water partition coefficient (Wildman–Crippen LogP) is 20.9. The molecule has 1 amide bonds. The fourth-order valence-electron chi connectivity index (χ4n) is 9.83. The van der Waals surface area contributed by atoms with Crippen LogP contribution in [0.4, 0.5) is 0 Å². The molecule has 0 aliphatic carbocycles. The molecule has 0 rings (SSSR count). The van der Waals surface area contributed by atoms with E-state index in [9.17, 15) is 19.4 Å². The third-order valence-corrected chi connectivity index (χ3v) is 16.0. The van der Waals surface area contributed by atoms with E-state index in [0.29, 0.717) is 17.4 Å². The van der Waals surface area contributed by atoms with Gasteiger partial charge in [0, 0.05) is 6.42 Å². The van der Waals surface area contributed by atoms with Crippen molar-refractivity contribution in [3.63, 3.8) is 0 Å². The van der Waals surface area contributed by atoms with E-state index in [0.717, 1.165) is 70.6 Å². The van der Waals surface area contributed by atoms with Crippen LogP contribution < -0.4 is 10.2 Å². The molecule has 0 aromatic carbocycles. The molecule has 8 nitrogen and oxygen atoms in total. The van der Waals surface area contributed by atoms with Gasteiger partial charge in [0.15, 0.2) is 0 Å². The first-order valence-corrected chi connectivity index (χ1v) is 35.4. The van der Waals surface area contributed by atoms with Gasteiger partial charge in [0.2, 0.25) is 5.91 Å². The number of rotatable bonds is 62. The maximum atomic E-state index is 13.0. The van der Waals surface area contributed by atoms with Gasteiger partial charge < -0.3 is 28.8 Å². The van der Waals surface area contributed by atoms with Gasteiger partial charge >= 0.3 is 0 Å². The Balaban J connectivity index is 4.16. The number of hydrogen-bond acceptors (Lipinski definition) is 6. The number of allylic oxidation sites excluding steroid dienone is 13. The summed E-state index contributed by atoms with van der Waals surface area (Å²) in [5.74, 6) is -0.210. The van der Waals surface area contributed by atoms with Gasteiger partial charge in [-0.15, -0.1) is 0 Å². The minimum Gasteiger partial charge on any atom is -0.756 e. The molecule has 0 radical (unpaired) electrons. The minimum absolute atomic E-state index is 0.0111. The number of aliphatic hydroxyl groups excluding tert-OH is 1. The van der Waals surface area contributed by atoms with Gasteiger partial charge in [-0.05, 0) is 83.5 Å². The van der Waals surface area contributed by atoms with Gasteiger partial charge in [-0.25, -0.2) is 0 Å². The average molecular weight is 1140 g/mol. The van der Waals surface area contributed by atoms with E-state index < -0.39 is 26.6 Å². The number of hydrogen-bond donors (Lipinski definition) is 2. The zero-order valence-corrected chi connectivity index (χ0v) is 54.2. The van der Waals surface area contributed by atoms with Crippen LogP contribution in [0.15, 0.2) is 85.1 Å². The summed E-state index contributed by atoms with van der Waals surface area (Å²) in [7, 11) is 1.24. The van der Waals surface area contributed by atoms with Crippen molar-refractivity contribution in [2.45, 2.75) is 321 Å². The van der Waals surface area contributed by atoms with Gasteiger partial charge in [0.05, 0.1) is 39.9 Å². The molecule has 0 aliphatic rings. The third kappa shape index (κ3) is 63.3. The van der Waals surface area contributed by atoms with E-state index in [1.54, 1.807) is 6.08 Å². The Bertz CT molecular complexity index is 1580. The van der Waals surface area contributed by atoms with Crippen LogP contribution in [0.25, 0.3) is 0 Å². The molecule has 0 bridgehead atoms. The smallest absolute Gasteiger partial charge is 0.268 e. The topological polar surface area (TPSA) is 108 Å². The second kappa shape index (κ2) is 61.2. The minimum atomic E-state index is -4.62. The largest absolute Gasteiger partial charge is 0.756 e. The van der Waals surface area contributed by atoms with Crippen LogP contribution in [0, 0.1) is 0 Å². The van der Waals surface area contributed by atoms with Crippen molar-refractivity contribution >= 4 is 13.7 Å². The highest BCUT2D eigenvalue weighted by Crippen LogP contribution is 2.38. The fraction of sp³-hybridized carbons (Fsp3) is 0.789. The van der Waals surface area contributed by atoms with Crippen molar-refractivity contribution in [2.24, 2.45) is 0 Å². The number of nitrogens with one attached hydrogen (secondary N) is 1. The maximum Gasteiger partial charge on any atom is 0.268 e. The lowest BCUT2D eigenvalue weighted by Crippen LogP contribution is -2.45. The van der Waals surface area contributed by atoms with Crippen molar-refractivity contribution < 1.29 is 32.9 Å². The molecule has 0 saturated heterocycles. The Hall–Kier alpha value is -2.32. The monoisotopic (exact) mass is 1140 g/mol. The number of phosphoric ester groups is 1. The first kappa shape index (κ1) is 77.7. The second-order valence-electron chi connectivity index (χ2n) is 24.1. The molecule has 0 aromatic rings. The summed E-state index contributed by atoms with van der Waals surface area (Å²) in [6.45, 7) is 4.54. The molecule has 466 valence electrons. The van der Waals surface area contributed by atoms with E-state index in [-0.39, 0.29) is 12.5 Å². The summed E-state index contributed by atoms with van der Waals surface area (Å²) < 4.78 is 23.4. The van der Waals surface area contributed by atoms with Gasteiger partial charge in [-0.2, -0.15) is 0 Å². The van der Waals surface area contributed by atoms with Crippen molar-refractivity contribution in [1.82, 2.24) is 5.32 Å². The highest BCUT2D eigenvalue weighted by molar-refractivity contribution is 7.45. The molecule has 0 saturated carbocycles. The summed E-state index contributed by atoms with van der Waals surface area (Å²) >= 11 is 0. The second-order valence-corrected chi connectivity index (χ2v) is 25.5. The summed E-state index contributed by atoms with van der Waals surface area (Å²) in [6.07, 6.45) is 87.0. The number of carbonyl (C=O) groups excluding carboxylic acids is 1. The van der Waals surface area contributed by atoms with Crippen LogP contribution in [0.3, 0.4) is 0 Å². The van der Waals surface area contributed by atoms with Crippen molar-refractivity contribution in [2.75, 3.05) is 40.9 Å². The third-order valence-electron chi connectivity index (χ3n) is 15.1. The Labute approximate surface area is 497 Å². The van der Waals surface area contributed by atoms with Crippen LogP contribution in [-0.4, -0.2) is 68.5 Å². The molecule has 0 fully saturated rings.